The van der Waals surface area contributed by atoms with Crippen LogP contribution in [0.15, 0.2) is 0 Å². The summed E-state index contributed by atoms with van der Waals surface area (Å²) in [5.74, 6) is -4.44. The lowest BCUT2D eigenvalue weighted by Gasteiger charge is -2.50. The van der Waals surface area contributed by atoms with Gasteiger partial charge in [0.25, 0.3) is 5.91 Å². The molecule has 4 aliphatic rings. The van der Waals surface area contributed by atoms with E-state index in [0.717, 1.165) is 33.1 Å². The van der Waals surface area contributed by atoms with Crippen molar-refractivity contribution in [2.75, 3.05) is 58.4 Å². The van der Waals surface area contributed by atoms with E-state index in [9.17, 15) is 79.5 Å². The fraction of sp³-hybridized carbons (Fsp3) is 0.873. The molecule has 32 nitrogen and oxygen atoms in total. The van der Waals surface area contributed by atoms with Crippen molar-refractivity contribution in [2.24, 2.45) is 0 Å². The summed E-state index contributed by atoms with van der Waals surface area (Å²) < 4.78 is 63.7. The maximum atomic E-state index is 13.9. The molecule has 4 heterocycles. The number of rotatable bonds is 34. The Hall–Kier alpha value is -4.08. The zero-order valence-electron chi connectivity index (χ0n) is 51.1. The van der Waals surface area contributed by atoms with Crippen LogP contribution >= 0.6 is 12.6 Å². The normalized spacial score (nSPS) is 32.7. The molecule has 14 N–H and O–H groups in total. The monoisotopic (exact) mass is 1290 g/mol. The van der Waals surface area contributed by atoms with Gasteiger partial charge in [0.1, 0.15) is 91.9 Å². The Labute approximate surface area is 516 Å². The van der Waals surface area contributed by atoms with Gasteiger partial charge in [0.05, 0.1) is 37.6 Å². The second-order valence-electron chi connectivity index (χ2n) is 23.7. The first-order valence-electron chi connectivity index (χ1n) is 29.6. The number of thiol groups is 1. The molecule has 0 spiro atoms. The standard InChI is InChI=1S/C55H95N5O27S/c1-27(63)59-34-42(36(68)29(25-61)79-50(34)83-44-38(70)40(72)53(85-47(44)49(75)76)82-43-35(60-28(2)64)51(87-55(6,7)8)80-30(26-62)37(43)69)81-52-41(73)39(71)45(86-54(3,4)5)46(84-52)48(74)58-19-14-18-56-31(65)15-12-10-9-11-13-16-33(67)78-23-22-77-21-20-57-32(66)17-24-88/h29-30,34-47,50-53,61-62,68-73,88H,9-26H2,1-8H3,(H,56,65)(H,57,66)(H,58,74)(H,59,63)(H,60,64)(H,75,76). The van der Waals surface area contributed by atoms with Crippen molar-refractivity contribution in [1.29, 1.82) is 0 Å². The van der Waals surface area contributed by atoms with Gasteiger partial charge in [-0.3, -0.25) is 28.8 Å². The number of hydrogen-bond acceptors (Lipinski definition) is 27. The van der Waals surface area contributed by atoms with Gasteiger partial charge in [-0.2, -0.15) is 12.6 Å². The quantitative estimate of drug-likeness (QED) is 0.0164. The van der Waals surface area contributed by atoms with E-state index < -0.39 is 171 Å². The largest absolute Gasteiger partial charge is 0.479 e. The number of amides is 5. The number of carbonyl (C=O) groups is 7. The fourth-order valence-corrected chi connectivity index (χ4v) is 10.1. The Bertz CT molecular complexity index is 2200. The molecular weight excluding hydrogens is 1190 g/mol. The highest BCUT2D eigenvalue weighted by atomic mass is 32.1. The van der Waals surface area contributed by atoms with Gasteiger partial charge in [-0.1, -0.05) is 19.3 Å². The van der Waals surface area contributed by atoms with E-state index >= 15 is 0 Å². The van der Waals surface area contributed by atoms with E-state index in [1.54, 1.807) is 41.5 Å². The van der Waals surface area contributed by atoms with Crippen molar-refractivity contribution >= 4 is 54.1 Å². The number of carbonyl (C=O) groups excluding carboxylic acids is 6. The minimum atomic E-state index is -2.30. The molecule has 508 valence electrons. The van der Waals surface area contributed by atoms with Crippen LogP contribution in [0.2, 0.25) is 0 Å². The zero-order valence-corrected chi connectivity index (χ0v) is 52.0. The summed E-state index contributed by atoms with van der Waals surface area (Å²) >= 11 is 4.00. The summed E-state index contributed by atoms with van der Waals surface area (Å²) in [5.41, 5.74) is -2.00. The van der Waals surface area contributed by atoms with E-state index in [1.165, 1.54) is 0 Å². The molecule has 4 aliphatic heterocycles. The number of aliphatic hydroxyl groups excluding tert-OH is 8. The smallest absolute Gasteiger partial charge is 0.335 e. The Balaban J connectivity index is 1.38. The van der Waals surface area contributed by atoms with Gasteiger partial charge in [0, 0.05) is 52.7 Å². The third-order valence-electron chi connectivity index (χ3n) is 14.0. The predicted molar refractivity (Wildman–Crippen MR) is 304 cm³/mol. The zero-order chi connectivity index (χ0) is 65.6. The first-order chi connectivity index (χ1) is 41.4. The molecule has 20 unspecified atom stereocenters. The van der Waals surface area contributed by atoms with Crippen LogP contribution in [0.1, 0.15) is 113 Å². The molecule has 0 radical (unpaired) electrons. The number of aliphatic hydroxyl groups is 8. The molecule has 0 aromatic heterocycles. The van der Waals surface area contributed by atoms with E-state index in [-0.39, 0.29) is 63.3 Å². The molecule has 0 aliphatic carbocycles. The molecule has 88 heavy (non-hydrogen) atoms. The Morgan fingerprint density at radius 1 is 0.489 bits per heavy atom. The minimum absolute atomic E-state index is 0.0280. The number of unbranched alkanes of at least 4 members (excludes halogenated alkanes) is 4. The second kappa shape index (κ2) is 36.8. The maximum Gasteiger partial charge on any atom is 0.335 e. The average Bonchev–Trinajstić information content (AvgIpc) is 1.00. The van der Waals surface area contributed by atoms with Gasteiger partial charge in [-0.15, -0.1) is 0 Å². The van der Waals surface area contributed by atoms with Crippen LogP contribution in [0.5, 0.6) is 0 Å². The van der Waals surface area contributed by atoms with Crippen LogP contribution in [-0.4, -0.2) is 280 Å². The lowest BCUT2D eigenvalue weighted by molar-refractivity contribution is -0.372. The molecule has 0 aromatic carbocycles. The topological polar surface area (TPSA) is 463 Å². The number of aliphatic carboxylic acids is 1. The molecule has 0 bridgehead atoms. The summed E-state index contributed by atoms with van der Waals surface area (Å²) in [6.45, 7) is 11.2. The fourth-order valence-electron chi connectivity index (χ4n) is 9.91. The van der Waals surface area contributed by atoms with Crippen molar-refractivity contribution in [3.8, 4) is 0 Å². The number of carboxylic acids is 1. The molecule has 33 heteroatoms. The van der Waals surface area contributed by atoms with Crippen LogP contribution in [0.25, 0.3) is 0 Å². The molecule has 20 atom stereocenters. The van der Waals surface area contributed by atoms with Crippen molar-refractivity contribution < 1.29 is 132 Å². The van der Waals surface area contributed by atoms with Crippen LogP contribution in [-0.2, 0) is 85.7 Å². The number of ether oxygens (including phenoxy) is 11. The lowest BCUT2D eigenvalue weighted by atomic mass is 9.93. The van der Waals surface area contributed by atoms with Gasteiger partial charge >= 0.3 is 11.9 Å². The lowest BCUT2D eigenvalue weighted by Crippen LogP contribution is -2.71. The van der Waals surface area contributed by atoms with Crippen molar-refractivity contribution in [1.82, 2.24) is 26.6 Å². The Morgan fingerprint density at radius 3 is 1.50 bits per heavy atom. The number of carboxylic acid groups (broad SMARTS) is 1. The van der Waals surface area contributed by atoms with E-state index in [2.05, 4.69) is 39.2 Å². The van der Waals surface area contributed by atoms with Crippen molar-refractivity contribution in [2.45, 2.75) is 247 Å². The first kappa shape index (κ1) is 76.4. The molecule has 4 saturated heterocycles. The number of esters is 1. The summed E-state index contributed by atoms with van der Waals surface area (Å²) in [7, 11) is 0. The van der Waals surface area contributed by atoms with Crippen LogP contribution in [0, 0.1) is 0 Å². The van der Waals surface area contributed by atoms with E-state index in [0.29, 0.717) is 38.2 Å². The highest BCUT2D eigenvalue weighted by Gasteiger charge is 2.58. The van der Waals surface area contributed by atoms with Gasteiger partial charge in [0.15, 0.2) is 37.4 Å². The summed E-state index contributed by atoms with van der Waals surface area (Å²) in [6.07, 6.45) is -29.9. The minimum Gasteiger partial charge on any atom is -0.479 e. The van der Waals surface area contributed by atoms with Crippen molar-refractivity contribution in [3.63, 3.8) is 0 Å². The number of hydrogen-bond donors (Lipinski definition) is 15. The first-order valence-corrected chi connectivity index (χ1v) is 30.2. The maximum absolute atomic E-state index is 13.9. The van der Waals surface area contributed by atoms with Crippen LogP contribution < -0.4 is 26.6 Å². The van der Waals surface area contributed by atoms with Crippen LogP contribution in [0.3, 0.4) is 0 Å². The molecule has 4 rings (SSSR count). The predicted octanol–water partition coefficient (Wildman–Crippen LogP) is -4.37. The third kappa shape index (κ3) is 24.2. The molecule has 4 fully saturated rings. The highest BCUT2D eigenvalue weighted by Crippen LogP contribution is 2.36. The van der Waals surface area contributed by atoms with E-state index in [1.807, 2.05) is 0 Å². The molecule has 0 aromatic rings. The van der Waals surface area contributed by atoms with Gasteiger partial charge in [0.2, 0.25) is 23.6 Å². The van der Waals surface area contributed by atoms with Crippen LogP contribution in [0.4, 0.5) is 0 Å². The average molecular weight is 1290 g/mol. The van der Waals surface area contributed by atoms with Gasteiger partial charge in [-0.25, -0.2) is 4.79 Å². The SMILES string of the molecule is CC(=O)NC1C(OC(C)(C)C)OC(CO)C(O)C1OC1OC(C(=O)O)C(OC2OC(CO)C(O)C(OC3OC(C(=O)NCCCNC(=O)CCCCCCCC(=O)OCCOCCNC(=O)CCS)C(OC(C)(C)C)C(O)C3O)C2NC(C)=O)C(O)C1O. The summed E-state index contributed by atoms with van der Waals surface area (Å²) in [5, 5.41) is 113. The van der Waals surface area contributed by atoms with Gasteiger partial charge in [-0.05, 0) is 66.6 Å². The molecule has 0 saturated carbocycles. The van der Waals surface area contributed by atoms with E-state index in [4.69, 9.17) is 52.1 Å². The summed E-state index contributed by atoms with van der Waals surface area (Å²) in [4.78, 5) is 88.3. The highest BCUT2D eigenvalue weighted by molar-refractivity contribution is 7.80. The second-order valence-corrected chi connectivity index (χ2v) is 24.1. The molecular formula is C55H95N5O27S. The van der Waals surface area contributed by atoms with Gasteiger partial charge < -0.3 is 125 Å². The Morgan fingerprint density at radius 2 is 0.966 bits per heavy atom. The molecule has 5 amide bonds. The Kier molecular flexibility index (Phi) is 32.0. The third-order valence-corrected chi connectivity index (χ3v) is 14.3. The summed E-state index contributed by atoms with van der Waals surface area (Å²) in [6, 6.07) is -3.19. The van der Waals surface area contributed by atoms with Crippen molar-refractivity contribution in [3.05, 3.63) is 0 Å². The number of nitrogens with one attached hydrogen (secondary N) is 5.